The molecule has 0 bridgehead atoms. The molecule has 0 aliphatic heterocycles. The zero-order valence-electron chi connectivity index (χ0n) is 12.6. The summed E-state index contributed by atoms with van der Waals surface area (Å²) in [4.78, 5) is 0. The highest BCUT2D eigenvalue weighted by atomic mass is 14.0. The van der Waals surface area contributed by atoms with Crippen molar-refractivity contribution in [2.24, 2.45) is 0 Å². The van der Waals surface area contributed by atoms with E-state index >= 15 is 0 Å². The second-order valence-electron chi connectivity index (χ2n) is 5.08. The van der Waals surface area contributed by atoms with E-state index in [1.54, 1.807) is 0 Å². The fourth-order valence-electron chi connectivity index (χ4n) is 2.10. The number of allylic oxidation sites excluding steroid dienone is 4. The summed E-state index contributed by atoms with van der Waals surface area (Å²) in [6, 6.07) is 9.12. The van der Waals surface area contributed by atoms with Gasteiger partial charge in [-0.1, -0.05) is 68.3 Å². The lowest BCUT2D eigenvalue weighted by atomic mass is 10.0. The first-order valence-corrected chi connectivity index (χ1v) is 7.70. The molecule has 19 heavy (non-hydrogen) atoms. The van der Waals surface area contributed by atoms with Crippen molar-refractivity contribution in [3.63, 3.8) is 0 Å². The van der Waals surface area contributed by atoms with Gasteiger partial charge in [0.2, 0.25) is 0 Å². The fraction of sp³-hybridized carbons (Fsp3) is 0.474. The molecule has 0 aliphatic carbocycles. The molecule has 104 valence electrons. The quantitative estimate of drug-likeness (QED) is 0.382. The Bertz CT molecular complexity index is 368. The van der Waals surface area contributed by atoms with Gasteiger partial charge in [-0.2, -0.15) is 0 Å². The zero-order valence-corrected chi connectivity index (χ0v) is 12.6. The Morgan fingerprint density at radius 1 is 0.789 bits per heavy atom. The molecule has 0 saturated carbocycles. The summed E-state index contributed by atoms with van der Waals surface area (Å²) in [6.45, 7) is 4.32. The molecule has 0 nitrogen and oxygen atoms in total. The van der Waals surface area contributed by atoms with E-state index < -0.39 is 0 Å². The van der Waals surface area contributed by atoms with Crippen molar-refractivity contribution in [3.05, 3.63) is 59.7 Å². The predicted octanol–water partition coefficient (Wildman–Crippen LogP) is 5.87. The average molecular weight is 256 g/mol. The van der Waals surface area contributed by atoms with E-state index in [0.717, 1.165) is 19.3 Å². The molecule has 0 radical (unpaired) electrons. The van der Waals surface area contributed by atoms with Crippen LogP contribution in [0.15, 0.2) is 48.6 Å². The smallest absolute Gasteiger partial charge is 0.0244 e. The molecule has 1 aromatic rings. The molecule has 0 aliphatic rings. The third-order valence-corrected chi connectivity index (χ3v) is 3.35. The van der Waals surface area contributed by atoms with E-state index in [-0.39, 0.29) is 0 Å². The average Bonchev–Trinajstić information content (AvgIpc) is 2.44. The van der Waals surface area contributed by atoms with Gasteiger partial charge in [0.25, 0.3) is 0 Å². The summed E-state index contributed by atoms with van der Waals surface area (Å²) in [5, 5.41) is 0. The van der Waals surface area contributed by atoms with Crippen molar-refractivity contribution in [3.8, 4) is 0 Å². The Morgan fingerprint density at radius 3 is 1.84 bits per heavy atom. The van der Waals surface area contributed by atoms with Crippen molar-refractivity contribution in [1.29, 1.82) is 0 Å². The van der Waals surface area contributed by atoms with Crippen molar-refractivity contribution in [2.45, 2.75) is 58.8 Å². The van der Waals surface area contributed by atoms with Crippen LogP contribution in [0.3, 0.4) is 0 Å². The largest absolute Gasteiger partial charge is 0.0917 e. The third kappa shape index (κ3) is 7.66. The number of unbranched alkanes of at least 4 members (excludes halogenated alkanes) is 2. The van der Waals surface area contributed by atoms with Gasteiger partial charge in [0, 0.05) is 0 Å². The van der Waals surface area contributed by atoms with E-state index in [1.807, 2.05) is 0 Å². The molecule has 1 aromatic carbocycles. The van der Waals surface area contributed by atoms with E-state index in [0.29, 0.717) is 0 Å². The van der Waals surface area contributed by atoms with Crippen molar-refractivity contribution in [1.82, 2.24) is 0 Å². The van der Waals surface area contributed by atoms with Gasteiger partial charge in [0.05, 0.1) is 0 Å². The Morgan fingerprint density at radius 2 is 1.32 bits per heavy atom. The lowest BCUT2D eigenvalue weighted by molar-refractivity contribution is 0.811. The molecule has 0 heterocycles. The van der Waals surface area contributed by atoms with Gasteiger partial charge in [-0.25, -0.2) is 0 Å². The maximum Gasteiger partial charge on any atom is -0.0244 e. The highest BCUT2D eigenvalue weighted by Crippen LogP contribution is 2.09. The van der Waals surface area contributed by atoms with Crippen LogP contribution in [-0.4, -0.2) is 0 Å². The van der Waals surface area contributed by atoms with Gasteiger partial charge in [0.1, 0.15) is 0 Å². The topological polar surface area (TPSA) is 0 Å². The maximum atomic E-state index is 2.33. The first-order chi connectivity index (χ1) is 9.36. The normalized spacial score (nSPS) is 11.7. The summed E-state index contributed by atoms with van der Waals surface area (Å²) in [6.07, 6.45) is 17.5. The molecule has 0 saturated heterocycles. The van der Waals surface area contributed by atoms with Gasteiger partial charge in [-0.15, -0.1) is 0 Å². The Hall–Kier alpha value is -1.30. The van der Waals surface area contributed by atoms with E-state index in [9.17, 15) is 0 Å². The monoisotopic (exact) mass is 256 g/mol. The van der Waals surface area contributed by atoms with Gasteiger partial charge in [-0.05, 0) is 50.2 Å². The van der Waals surface area contributed by atoms with E-state index in [4.69, 9.17) is 0 Å². The van der Waals surface area contributed by atoms with Crippen LogP contribution >= 0.6 is 0 Å². The van der Waals surface area contributed by atoms with E-state index in [2.05, 4.69) is 62.4 Å². The minimum atomic E-state index is 1.15. The molecule has 0 fully saturated rings. The lowest BCUT2D eigenvalue weighted by Gasteiger charge is -2.02. The maximum absolute atomic E-state index is 2.33. The van der Waals surface area contributed by atoms with Crippen LogP contribution < -0.4 is 0 Å². The van der Waals surface area contributed by atoms with Crippen LogP contribution in [0.5, 0.6) is 0 Å². The lowest BCUT2D eigenvalue weighted by Crippen LogP contribution is -1.87. The molecule has 0 N–H and O–H groups in total. The zero-order chi connectivity index (χ0) is 13.8. The SMILES string of the molecule is C/C=C/CCc1ccc(CC/C=C/CCCC)cc1. The van der Waals surface area contributed by atoms with Gasteiger partial charge in [0.15, 0.2) is 0 Å². The number of benzene rings is 1. The molecular weight excluding hydrogens is 228 g/mol. The molecule has 0 heteroatoms. The van der Waals surface area contributed by atoms with Crippen LogP contribution in [0.4, 0.5) is 0 Å². The number of rotatable bonds is 9. The molecular formula is C19H28. The molecule has 0 amide bonds. The first kappa shape index (κ1) is 15.8. The number of hydrogen-bond acceptors (Lipinski definition) is 0. The van der Waals surface area contributed by atoms with Crippen molar-refractivity contribution < 1.29 is 0 Å². The van der Waals surface area contributed by atoms with E-state index in [1.165, 1.54) is 36.8 Å². The van der Waals surface area contributed by atoms with Gasteiger partial charge < -0.3 is 0 Å². The summed E-state index contributed by atoms with van der Waals surface area (Å²) in [7, 11) is 0. The van der Waals surface area contributed by atoms with Gasteiger partial charge >= 0.3 is 0 Å². The first-order valence-electron chi connectivity index (χ1n) is 7.70. The molecule has 0 unspecified atom stereocenters. The van der Waals surface area contributed by atoms with Crippen molar-refractivity contribution >= 4 is 0 Å². The molecule has 0 atom stereocenters. The second-order valence-corrected chi connectivity index (χ2v) is 5.08. The van der Waals surface area contributed by atoms with Crippen LogP contribution in [0.2, 0.25) is 0 Å². The second kappa shape index (κ2) is 10.6. The summed E-state index contributed by atoms with van der Waals surface area (Å²) in [5.41, 5.74) is 2.90. The number of hydrogen-bond donors (Lipinski definition) is 0. The fourth-order valence-corrected chi connectivity index (χ4v) is 2.10. The minimum Gasteiger partial charge on any atom is -0.0917 e. The summed E-state index contributed by atoms with van der Waals surface area (Å²) >= 11 is 0. The Balaban J connectivity index is 2.26. The Kier molecular flexibility index (Phi) is 8.80. The molecule has 1 rings (SSSR count). The van der Waals surface area contributed by atoms with Crippen LogP contribution in [0.1, 0.15) is 57.1 Å². The van der Waals surface area contributed by atoms with Crippen LogP contribution in [0, 0.1) is 0 Å². The highest BCUT2D eigenvalue weighted by Gasteiger charge is 1.94. The van der Waals surface area contributed by atoms with Crippen molar-refractivity contribution in [2.75, 3.05) is 0 Å². The summed E-state index contributed by atoms with van der Waals surface area (Å²) in [5.74, 6) is 0. The predicted molar refractivity (Wildman–Crippen MR) is 86.6 cm³/mol. The van der Waals surface area contributed by atoms with Crippen LogP contribution in [-0.2, 0) is 12.8 Å². The summed E-state index contributed by atoms with van der Waals surface area (Å²) < 4.78 is 0. The van der Waals surface area contributed by atoms with Crippen LogP contribution in [0.25, 0.3) is 0 Å². The third-order valence-electron chi connectivity index (χ3n) is 3.35. The Labute approximate surface area is 119 Å². The van der Waals surface area contributed by atoms with Gasteiger partial charge in [-0.3, -0.25) is 0 Å². The highest BCUT2D eigenvalue weighted by molar-refractivity contribution is 5.23. The standard InChI is InChI=1S/C19H28/c1-3-5-7-8-9-11-13-19-16-14-18(15-17-19)12-10-6-4-2/h4,6,8-9,14-17H,3,5,7,10-13H2,1-2H3/b6-4+,9-8+. The number of aryl methyl sites for hydroxylation is 2. The molecule has 0 aromatic heterocycles. The molecule has 0 spiro atoms. The minimum absolute atomic E-state index is 1.15.